The van der Waals surface area contributed by atoms with Crippen LogP contribution in [0.5, 0.6) is 5.75 Å². The van der Waals surface area contributed by atoms with E-state index in [1.54, 1.807) is 49.4 Å². The molecule has 2 N–H and O–H groups in total. The van der Waals surface area contributed by atoms with Gasteiger partial charge in [-0.05, 0) is 67.1 Å². The number of benzene rings is 3. The monoisotopic (exact) mass is 452 g/mol. The summed E-state index contributed by atoms with van der Waals surface area (Å²) >= 11 is 5.95. The van der Waals surface area contributed by atoms with E-state index in [9.17, 15) is 14.4 Å². The molecule has 7 nitrogen and oxygen atoms in total. The third-order valence-corrected chi connectivity index (χ3v) is 4.47. The summed E-state index contributed by atoms with van der Waals surface area (Å²) in [5.74, 6) is -0.285. The summed E-state index contributed by atoms with van der Waals surface area (Å²) in [4.78, 5) is 36.2. The van der Waals surface area contributed by atoms with Crippen molar-refractivity contribution < 1.29 is 23.9 Å². The Labute approximate surface area is 190 Å². The summed E-state index contributed by atoms with van der Waals surface area (Å²) in [5.41, 5.74) is 2.24. The Kier molecular flexibility index (Phi) is 7.83. The number of amides is 2. The molecule has 0 atom stereocenters. The lowest BCUT2D eigenvalue weighted by Crippen LogP contribution is -2.15. The average Bonchev–Trinajstić information content (AvgIpc) is 2.74. The van der Waals surface area contributed by atoms with Gasteiger partial charge in [-0.25, -0.2) is 4.79 Å². The number of halogens is 1. The maximum atomic E-state index is 12.5. The summed E-state index contributed by atoms with van der Waals surface area (Å²) < 4.78 is 9.67. The topological polar surface area (TPSA) is 93.7 Å². The molecule has 0 heterocycles. The minimum absolute atomic E-state index is 0.178. The van der Waals surface area contributed by atoms with E-state index in [2.05, 4.69) is 10.6 Å². The lowest BCUT2D eigenvalue weighted by atomic mass is 10.1. The summed E-state index contributed by atoms with van der Waals surface area (Å²) in [6.07, 6.45) is -0.629. The van der Waals surface area contributed by atoms with Gasteiger partial charge in [0, 0.05) is 22.0 Å². The summed E-state index contributed by atoms with van der Waals surface area (Å²) in [7, 11) is 0. The number of carbonyl (C=O) groups excluding carboxylic acids is 3. The first-order valence-electron chi connectivity index (χ1n) is 9.83. The van der Waals surface area contributed by atoms with Gasteiger partial charge in [0.2, 0.25) is 5.91 Å². The normalized spacial score (nSPS) is 10.2. The van der Waals surface area contributed by atoms with Crippen molar-refractivity contribution in [3.05, 3.63) is 88.9 Å². The van der Waals surface area contributed by atoms with E-state index in [1.165, 1.54) is 24.3 Å². The van der Waals surface area contributed by atoms with Gasteiger partial charge in [-0.1, -0.05) is 29.8 Å². The van der Waals surface area contributed by atoms with Crippen molar-refractivity contribution in [2.45, 2.75) is 13.3 Å². The van der Waals surface area contributed by atoms with Crippen molar-refractivity contribution >= 4 is 40.9 Å². The van der Waals surface area contributed by atoms with E-state index >= 15 is 0 Å². The summed E-state index contributed by atoms with van der Waals surface area (Å²) in [6.45, 7) is 1.88. The molecular weight excluding hydrogens is 432 g/mol. The van der Waals surface area contributed by atoms with Crippen LogP contribution in [0.25, 0.3) is 0 Å². The van der Waals surface area contributed by atoms with E-state index in [1.807, 2.05) is 6.07 Å². The molecule has 0 unspecified atom stereocenters. The van der Waals surface area contributed by atoms with E-state index in [4.69, 9.17) is 21.1 Å². The molecule has 3 aromatic carbocycles. The van der Waals surface area contributed by atoms with Crippen molar-refractivity contribution in [1.29, 1.82) is 0 Å². The maximum absolute atomic E-state index is 12.5. The highest BCUT2D eigenvalue weighted by Gasteiger charge is 2.10. The van der Waals surface area contributed by atoms with Gasteiger partial charge in [0.05, 0.1) is 13.0 Å². The summed E-state index contributed by atoms with van der Waals surface area (Å²) in [6, 6.07) is 20.0. The fourth-order valence-electron chi connectivity index (χ4n) is 2.83. The highest BCUT2D eigenvalue weighted by molar-refractivity contribution is 6.30. The van der Waals surface area contributed by atoms with Crippen molar-refractivity contribution in [1.82, 2.24) is 0 Å². The van der Waals surface area contributed by atoms with Crippen molar-refractivity contribution in [2.24, 2.45) is 0 Å². The molecule has 8 heteroatoms. The second kappa shape index (κ2) is 11.0. The lowest BCUT2D eigenvalue weighted by Gasteiger charge is -2.10. The van der Waals surface area contributed by atoms with E-state index in [0.29, 0.717) is 22.0 Å². The third kappa shape index (κ3) is 6.85. The quantitative estimate of drug-likeness (QED) is 0.374. The number of rotatable bonds is 7. The van der Waals surface area contributed by atoms with Gasteiger partial charge in [-0.2, -0.15) is 0 Å². The van der Waals surface area contributed by atoms with Crippen LogP contribution in [-0.2, 0) is 16.0 Å². The minimum atomic E-state index is -0.807. The van der Waals surface area contributed by atoms with Crippen LogP contribution < -0.4 is 15.4 Å². The maximum Gasteiger partial charge on any atom is 0.513 e. The number of hydrogen-bond donors (Lipinski definition) is 2. The predicted molar refractivity (Wildman–Crippen MR) is 122 cm³/mol. The molecule has 0 aliphatic rings. The molecule has 0 bridgehead atoms. The Hall–Kier alpha value is -3.84. The molecule has 0 aliphatic heterocycles. The molecule has 164 valence electrons. The van der Waals surface area contributed by atoms with Crippen LogP contribution in [0.4, 0.5) is 16.2 Å². The number of carbonyl (C=O) groups is 3. The van der Waals surface area contributed by atoms with Crippen molar-refractivity contribution in [3.8, 4) is 5.75 Å². The number of anilines is 2. The molecule has 0 aromatic heterocycles. The number of nitrogens with one attached hydrogen (secondary N) is 2. The van der Waals surface area contributed by atoms with Crippen molar-refractivity contribution in [2.75, 3.05) is 17.2 Å². The highest BCUT2D eigenvalue weighted by Crippen LogP contribution is 2.19. The molecule has 0 saturated heterocycles. The first kappa shape index (κ1) is 22.8. The number of hydrogen-bond acceptors (Lipinski definition) is 5. The molecule has 2 amide bonds. The smallest absolute Gasteiger partial charge is 0.434 e. The molecule has 0 saturated carbocycles. The standard InChI is InChI=1S/C24H21ClN2O5/c1-2-31-24(30)32-21-11-9-17(10-12-21)23(29)27-20-8-4-7-19(15-20)26-22(28)14-16-5-3-6-18(25)13-16/h3-13,15H,2,14H2,1H3,(H,26,28)(H,27,29). The summed E-state index contributed by atoms with van der Waals surface area (Å²) in [5, 5.41) is 6.14. The SMILES string of the molecule is CCOC(=O)Oc1ccc(C(=O)Nc2cccc(NC(=O)Cc3cccc(Cl)c3)c2)cc1. The second-order valence-electron chi connectivity index (χ2n) is 6.70. The minimum Gasteiger partial charge on any atom is -0.434 e. The van der Waals surface area contributed by atoms with Crippen LogP contribution >= 0.6 is 11.6 Å². The molecule has 0 radical (unpaired) electrons. The average molecular weight is 453 g/mol. The van der Waals surface area contributed by atoms with Gasteiger partial charge in [0.15, 0.2) is 0 Å². The van der Waals surface area contributed by atoms with Crippen LogP contribution in [0.15, 0.2) is 72.8 Å². The van der Waals surface area contributed by atoms with Crippen LogP contribution in [0.3, 0.4) is 0 Å². The molecule has 3 aromatic rings. The lowest BCUT2D eigenvalue weighted by molar-refractivity contribution is -0.115. The van der Waals surface area contributed by atoms with Crippen molar-refractivity contribution in [3.63, 3.8) is 0 Å². The molecule has 0 spiro atoms. The zero-order valence-corrected chi connectivity index (χ0v) is 18.0. The molecule has 32 heavy (non-hydrogen) atoms. The molecule has 0 fully saturated rings. The zero-order valence-electron chi connectivity index (χ0n) is 17.3. The van der Waals surface area contributed by atoms with E-state index in [-0.39, 0.29) is 30.6 Å². The van der Waals surface area contributed by atoms with Crippen LogP contribution in [0, 0.1) is 0 Å². The Morgan fingerprint density at radius 2 is 1.56 bits per heavy atom. The Bertz CT molecular complexity index is 1120. The first-order valence-corrected chi connectivity index (χ1v) is 10.2. The second-order valence-corrected chi connectivity index (χ2v) is 7.14. The Morgan fingerprint density at radius 3 is 2.25 bits per heavy atom. The molecular formula is C24H21ClN2O5. The molecule has 3 rings (SSSR count). The number of ether oxygens (including phenoxy) is 2. The third-order valence-electron chi connectivity index (χ3n) is 4.24. The van der Waals surface area contributed by atoms with Crippen LogP contribution in [0.2, 0.25) is 5.02 Å². The Balaban J connectivity index is 1.58. The van der Waals surface area contributed by atoms with Crippen LogP contribution in [0.1, 0.15) is 22.8 Å². The van der Waals surface area contributed by atoms with Gasteiger partial charge in [0.25, 0.3) is 5.91 Å². The van der Waals surface area contributed by atoms with Gasteiger partial charge in [0.1, 0.15) is 5.75 Å². The largest absolute Gasteiger partial charge is 0.513 e. The Morgan fingerprint density at radius 1 is 0.875 bits per heavy atom. The van der Waals surface area contributed by atoms with Gasteiger partial charge < -0.3 is 20.1 Å². The fourth-order valence-corrected chi connectivity index (χ4v) is 3.05. The highest BCUT2D eigenvalue weighted by atomic mass is 35.5. The molecule has 0 aliphatic carbocycles. The van der Waals surface area contributed by atoms with E-state index in [0.717, 1.165) is 5.56 Å². The van der Waals surface area contributed by atoms with E-state index < -0.39 is 6.16 Å². The zero-order chi connectivity index (χ0) is 22.9. The first-order chi connectivity index (χ1) is 15.4. The predicted octanol–water partition coefficient (Wildman–Crippen LogP) is 5.31. The van der Waals surface area contributed by atoms with Gasteiger partial charge in [-0.3, -0.25) is 9.59 Å². The van der Waals surface area contributed by atoms with Crippen LogP contribution in [-0.4, -0.2) is 24.6 Å². The van der Waals surface area contributed by atoms with Gasteiger partial charge in [-0.15, -0.1) is 0 Å². The fraction of sp³-hybridized carbons (Fsp3) is 0.125. The van der Waals surface area contributed by atoms with Gasteiger partial charge >= 0.3 is 6.16 Å².